The molecule has 2 aromatic rings. The maximum absolute atomic E-state index is 13.9. The second-order valence-electron chi connectivity index (χ2n) is 10.9. The van der Waals surface area contributed by atoms with Crippen molar-refractivity contribution in [3.63, 3.8) is 0 Å². The van der Waals surface area contributed by atoms with Crippen molar-refractivity contribution in [2.75, 3.05) is 20.3 Å². The molecule has 0 radical (unpaired) electrons. The lowest BCUT2D eigenvalue weighted by Crippen LogP contribution is -2.60. The maximum atomic E-state index is 13.9. The topological polar surface area (TPSA) is 104 Å². The van der Waals surface area contributed by atoms with Gasteiger partial charge in [0.15, 0.2) is 9.75 Å². The Hall–Kier alpha value is -3.20. The second-order valence-corrected chi connectivity index (χ2v) is 12.1. The van der Waals surface area contributed by atoms with E-state index in [1.54, 1.807) is 24.3 Å². The van der Waals surface area contributed by atoms with Gasteiger partial charge in [-0.2, -0.15) is 0 Å². The highest BCUT2D eigenvalue weighted by Crippen LogP contribution is 2.66. The Morgan fingerprint density at radius 3 is 2.38 bits per heavy atom. The minimum Gasteiger partial charge on any atom is -0.491 e. The van der Waals surface area contributed by atoms with E-state index in [1.807, 2.05) is 36.4 Å². The number of carbonyl (C=O) groups is 4. The molecule has 2 heterocycles. The number of imide groups is 2. The number of amides is 4. The Morgan fingerprint density at radius 1 is 0.950 bits per heavy atom. The van der Waals surface area contributed by atoms with E-state index in [-0.39, 0.29) is 38.0 Å². The molecule has 3 fully saturated rings. The molecule has 6 rings (SSSR count). The van der Waals surface area contributed by atoms with Crippen LogP contribution < -0.4 is 4.74 Å². The summed E-state index contributed by atoms with van der Waals surface area (Å²) in [6, 6.07) is 16.3. The Kier molecular flexibility index (Phi) is 6.56. The molecule has 208 valence electrons. The Morgan fingerprint density at radius 2 is 1.65 bits per heavy atom. The fourth-order valence-electron chi connectivity index (χ4n) is 7.08. The largest absolute Gasteiger partial charge is 0.491 e. The molecule has 0 bridgehead atoms. The minimum atomic E-state index is -1.89. The first-order valence-corrected chi connectivity index (χ1v) is 14.0. The summed E-state index contributed by atoms with van der Waals surface area (Å²) in [5.74, 6) is -4.29. The van der Waals surface area contributed by atoms with Crippen LogP contribution in [-0.2, 0) is 25.7 Å². The van der Waals surface area contributed by atoms with Gasteiger partial charge in [-0.05, 0) is 30.4 Å². The number of alkyl halides is 2. The van der Waals surface area contributed by atoms with Crippen molar-refractivity contribution >= 4 is 46.8 Å². The smallest absolute Gasteiger partial charge is 0.253 e. The van der Waals surface area contributed by atoms with Gasteiger partial charge in [0.05, 0.1) is 25.0 Å². The number of benzene rings is 2. The van der Waals surface area contributed by atoms with Crippen LogP contribution in [0.3, 0.4) is 0 Å². The van der Waals surface area contributed by atoms with Gasteiger partial charge in [-0.15, -0.1) is 23.2 Å². The molecule has 1 N–H and O–H groups in total. The average Bonchev–Trinajstić information content (AvgIpc) is 3.27. The highest BCUT2D eigenvalue weighted by atomic mass is 35.5. The lowest BCUT2D eigenvalue weighted by molar-refractivity contribution is -0.141. The first kappa shape index (κ1) is 27.0. The molecule has 4 aliphatic rings. The van der Waals surface area contributed by atoms with Crippen LogP contribution in [0.1, 0.15) is 29.9 Å². The van der Waals surface area contributed by atoms with Gasteiger partial charge in [0.2, 0.25) is 11.8 Å². The van der Waals surface area contributed by atoms with E-state index in [4.69, 9.17) is 27.9 Å². The van der Waals surface area contributed by atoms with Crippen LogP contribution in [0, 0.1) is 17.8 Å². The number of allylic oxidation sites excluding steroid dienone is 2. The zero-order valence-electron chi connectivity index (χ0n) is 21.8. The quantitative estimate of drug-likeness (QED) is 0.318. The molecule has 2 aliphatic carbocycles. The van der Waals surface area contributed by atoms with Crippen molar-refractivity contribution in [1.29, 1.82) is 0 Å². The summed E-state index contributed by atoms with van der Waals surface area (Å²) in [5.41, 5.74) is 2.06. The van der Waals surface area contributed by atoms with Gasteiger partial charge < -0.3 is 9.84 Å². The summed E-state index contributed by atoms with van der Waals surface area (Å²) in [6.07, 6.45) is 2.13. The van der Waals surface area contributed by atoms with Crippen LogP contribution in [0.15, 0.2) is 66.2 Å². The Labute approximate surface area is 241 Å². The van der Waals surface area contributed by atoms with Crippen molar-refractivity contribution in [3.8, 4) is 5.75 Å². The zero-order valence-corrected chi connectivity index (χ0v) is 23.3. The number of nitrogens with zero attached hydrogens (tertiary/aromatic N) is 2. The number of ether oxygens (including phenoxy) is 1. The molecule has 2 aromatic carbocycles. The van der Waals surface area contributed by atoms with Crippen molar-refractivity contribution in [3.05, 3.63) is 77.4 Å². The lowest BCUT2D eigenvalue weighted by Gasteiger charge is -2.51. The van der Waals surface area contributed by atoms with E-state index < -0.39 is 45.2 Å². The van der Waals surface area contributed by atoms with Crippen LogP contribution >= 0.6 is 23.2 Å². The van der Waals surface area contributed by atoms with Gasteiger partial charge in [-0.3, -0.25) is 29.0 Å². The van der Waals surface area contributed by atoms with Crippen molar-refractivity contribution in [1.82, 2.24) is 9.80 Å². The van der Waals surface area contributed by atoms with Gasteiger partial charge >= 0.3 is 0 Å². The number of hydrogen-bond acceptors (Lipinski definition) is 6. The molecule has 6 atom stereocenters. The predicted octanol–water partition coefficient (Wildman–Crippen LogP) is 3.25. The Balaban J connectivity index is 1.48. The van der Waals surface area contributed by atoms with E-state index in [1.165, 1.54) is 11.9 Å². The number of rotatable bonds is 6. The van der Waals surface area contributed by atoms with E-state index in [0.717, 1.165) is 10.5 Å². The molecule has 40 heavy (non-hydrogen) atoms. The third-order valence-electron chi connectivity index (χ3n) is 8.87. The third-order valence-corrected chi connectivity index (χ3v) is 10.3. The summed E-state index contributed by atoms with van der Waals surface area (Å²) >= 11 is 14.4. The molecule has 10 heteroatoms. The fourth-order valence-corrected chi connectivity index (χ4v) is 8.09. The SMILES string of the molecule is CN1C(=O)C2(Cl)CC3C(=CCC4C(=O)N(Cc5ccccc5)C(=O)C43)C(c3ccccc3OCCO)C2(Cl)C1=O. The highest BCUT2D eigenvalue weighted by Gasteiger charge is 2.76. The molecule has 1 saturated carbocycles. The summed E-state index contributed by atoms with van der Waals surface area (Å²) in [5, 5.41) is 9.39. The third kappa shape index (κ3) is 3.62. The molecule has 0 spiro atoms. The number of likely N-dealkylation sites (tertiary alicyclic amines) is 2. The number of hydrogen-bond donors (Lipinski definition) is 1. The number of fused-ring (bicyclic) bond motifs is 4. The Bertz CT molecular complexity index is 1450. The normalized spacial score (nSPS) is 33.0. The minimum absolute atomic E-state index is 0.00637. The van der Waals surface area contributed by atoms with E-state index in [2.05, 4.69) is 0 Å². The standard InChI is InChI=1S/C30H28Cl2N2O6/c1-33-27(38)29(31)15-21-18(24(30(29,32)28(33)39)19-9-5-6-10-22(19)40-14-13-35)11-12-20-23(21)26(37)34(25(20)36)16-17-7-3-2-4-8-17/h2-11,20-21,23-24,35H,12-16H2,1H3. The number of carbonyl (C=O) groups excluding carboxylic acids is 4. The van der Waals surface area contributed by atoms with Crippen LogP contribution in [0.25, 0.3) is 0 Å². The molecule has 4 amide bonds. The zero-order chi connectivity index (χ0) is 28.4. The van der Waals surface area contributed by atoms with Crippen molar-refractivity contribution in [2.45, 2.75) is 35.1 Å². The molecular formula is C30H28Cl2N2O6. The first-order chi connectivity index (χ1) is 19.1. The van der Waals surface area contributed by atoms with E-state index >= 15 is 0 Å². The van der Waals surface area contributed by atoms with E-state index in [9.17, 15) is 24.3 Å². The van der Waals surface area contributed by atoms with Gasteiger partial charge in [0.25, 0.3) is 11.8 Å². The van der Waals surface area contributed by atoms with Crippen LogP contribution in [-0.4, -0.2) is 68.5 Å². The summed E-state index contributed by atoms with van der Waals surface area (Å²) < 4.78 is 5.82. The predicted molar refractivity (Wildman–Crippen MR) is 146 cm³/mol. The fraction of sp³-hybridized carbons (Fsp3) is 0.400. The van der Waals surface area contributed by atoms with Gasteiger partial charge in [-0.1, -0.05) is 60.2 Å². The van der Waals surface area contributed by atoms with E-state index in [0.29, 0.717) is 23.3 Å². The number of para-hydroxylation sites is 1. The molecule has 6 unspecified atom stereocenters. The number of aliphatic hydroxyl groups excluding tert-OH is 1. The van der Waals surface area contributed by atoms with Gasteiger partial charge in [-0.25, -0.2) is 0 Å². The molecule has 8 nitrogen and oxygen atoms in total. The van der Waals surface area contributed by atoms with Crippen LogP contribution in [0.4, 0.5) is 0 Å². The number of halogens is 2. The molecule has 2 saturated heterocycles. The molecular weight excluding hydrogens is 555 g/mol. The lowest BCUT2D eigenvalue weighted by atomic mass is 9.56. The van der Waals surface area contributed by atoms with Gasteiger partial charge in [0.1, 0.15) is 12.4 Å². The van der Waals surface area contributed by atoms with Crippen LogP contribution in [0.2, 0.25) is 0 Å². The number of aliphatic hydroxyl groups is 1. The van der Waals surface area contributed by atoms with Gasteiger partial charge in [0, 0.05) is 18.5 Å². The second kappa shape index (κ2) is 9.72. The van der Waals surface area contributed by atoms with Crippen LogP contribution in [0.5, 0.6) is 5.75 Å². The van der Waals surface area contributed by atoms with Crippen molar-refractivity contribution in [2.24, 2.45) is 17.8 Å². The molecule has 0 aromatic heterocycles. The highest BCUT2D eigenvalue weighted by molar-refractivity contribution is 6.53. The monoisotopic (exact) mass is 582 g/mol. The maximum Gasteiger partial charge on any atom is 0.253 e. The van der Waals surface area contributed by atoms with Crippen molar-refractivity contribution < 1.29 is 29.0 Å². The molecule has 2 aliphatic heterocycles. The average molecular weight is 583 g/mol. The first-order valence-electron chi connectivity index (χ1n) is 13.3. The summed E-state index contributed by atoms with van der Waals surface area (Å²) in [6.45, 7) is -0.0690. The summed E-state index contributed by atoms with van der Waals surface area (Å²) in [7, 11) is 1.36. The summed E-state index contributed by atoms with van der Waals surface area (Å²) in [4.78, 5) is 53.3.